The third kappa shape index (κ3) is 3.00. The first-order valence-electron chi connectivity index (χ1n) is 7.49. The summed E-state index contributed by atoms with van der Waals surface area (Å²) < 4.78 is 0. The number of hydrogen-bond acceptors (Lipinski definition) is 3. The van der Waals surface area contributed by atoms with Crippen LogP contribution in [0.1, 0.15) is 42.5 Å². The van der Waals surface area contributed by atoms with Crippen molar-refractivity contribution < 1.29 is 0 Å². The largest absolute Gasteiger partial charge is 0.271 e. The van der Waals surface area contributed by atoms with Crippen LogP contribution in [0, 0.1) is 0 Å². The first kappa shape index (κ1) is 14.6. The fourth-order valence-corrected chi connectivity index (χ4v) is 4.32. The molecule has 0 radical (unpaired) electrons. The molecule has 3 N–H and O–H groups in total. The lowest BCUT2D eigenvalue weighted by Gasteiger charge is -2.23. The van der Waals surface area contributed by atoms with Crippen molar-refractivity contribution in [2.75, 3.05) is 0 Å². The fourth-order valence-electron chi connectivity index (χ4n) is 2.90. The fraction of sp³-hybridized carbons (Fsp3) is 0.333. The molecule has 2 unspecified atom stereocenters. The third-order valence-corrected chi connectivity index (χ3v) is 5.58. The lowest BCUT2D eigenvalue weighted by molar-refractivity contribution is 0.533. The van der Waals surface area contributed by atoms with Gasteiger partial charge in [-0.1, -0.05) is 56.3 Å². The minimum Gasteiger partial charge on any atom is -0.271 e. The predicted octanol–water partition coefficient (Wildman–Crippen LogP) is 4.03. The molecule has 1 heterocycles. The van der Waals surface area contributed by atoms with Gasteiger partial charge in [0.1, 0.15) is 0 Å². The number of thioether (sulfide) groups is 1. The maximum atomic E-state index is 5.85. The molecule has 0 amide bonds. The third-order valence-electron chi connectivity index (χ3n) is 4.19. The summed E-state index contributed by atoms with van der Waals surface area (Å²) in [4.78, 5) is 1.39. The maximum Gasteiger partial charge on any atom is 0.0585 e. The van der Waals surface area contributed by atoms with E-state index < -0.39 is 0 Å². The van der Waals surface area contributed by atoms with Gasteiger partial charge in [-0.15, -0.1) is 11.8 Å². The van der Waals surface area contributed by atoms with Gasteiger partial charge in [0.15, 0.2) is 0 Å². The molecule has 110 valence electrons. The van der Waals surface area contributed by atoms with Crippen molar-refractivity contribution >= 4 is 11.8 Å². The topological polar surface area (TPSA) is 38.0 Å². The summed E-state index contributed by atoms with van der Waals surface area (Å²) in [5, 5.41) is 0.456. The highest BCUT2D eigenvalue weighted by atomic mass is 32.2. The van der Waals surface area contributed by atoms with E-state index in [-0.39, 0.29) is 6.04 Å². The minimum absolute atomic E-state index is 0.184. The van der Waals surface area contributed by atoms with Crippen LogP contribution < -0.4 is 11.3 Å². The van der Waals surface area contributed by atoms with E-state index in [9.17, 15) is 0 Å². The van der Waals surface area contributed by atoms with Gasteiger partial charge in [0, 0.05) is 10.1 Å². The number of rotatable bonds is 4. The average molecular weight is 298 g/mol. The van der Waals surface area contributed by atoms with Crippen LogP contribution in [0.2, 0.25) is 0 Å². The Kier molecular flexibility index (Phi) is 4.34. The van der Waals surface area contributed by atoms with Gasteiger partial charge < -0.3 is 0 Å². The van der Waals surface area contributed by atoms with Crippen LogP contribution in [0.4, 0.5) is 0 Å². The molecule has 0 spiro atoms. The molecule has 0 fully saturated rings. The van der Waals surface area contributed by atoms with Crippen molar-refractivity contribution in [2.24, 2.45) is 5.84 Å². The molecule has 0 bridgehead atoms. The van der Waals surface area contributed by atoms with Crippen molar-refractivity contribution in [1.29, 1.82) is 0 Å². The first-order chi connectivity index (χ1) is 10.2. The van der Waals surface area contributed by atoms with Gasteiger partial charge in [0.25, 0.3) is 0 Å². The summed E-state index contributed by atoms with van der Waals surface area (Å²) in [5.74, 6) is 6.42. The second-order valence-electron chi connectivity index (χ2n) is 5.93. The maximum absolute atomic E-state index is 5.85. The van der Waals surface area contributed by atoms with Gasteiger partial charge in [-0.25, -0.2) is 0 Å². The summed E-state index contributed by atoms with van der Waals surface area (Å²) in [6.45, 7) is 4.44. The Hall–Kier alpha value is -1.29. The van der Waals surface area contributed by atoms with Crippen LogP contribution in [-0.2, 0) is 6.42 Å². The highest BCUT2D eigenvalue weighted by Crippen LogP contribution is 2.42. The first-order valence-corrected chi connectivity index (χ1v) is 8.37. The van der Waals surface area contributed by atoms with Gasteiger partial charge in [0.2, 0.25) is 0 Å². The Morgan fingerprint density at radius 3 is 2.33 bits per heavy atom. The van der Waals surface area contributed by atoms with Crippen LogP contribution in [0.15, 0.2) is 53.4 Å². The molecule has 2 aromatic carbocycles. The molecule has 1 aliphatic heterocycles. The Morgan fingerprint density at radius 1 is 1.05 bits per heavy atom. The molecular weight excluding hydrogens is 276 g/mol. The van der Waals surface area contributed by atoms with Crippen molar-refractivity contribution in [3.8, 4) is 0 Å². The molecule has 21 heavy (non-hydrogen) atoms. The summed E-state index contributed by atoms with van der Waals surface area (Å²) in [6.07, 6.45) is 1.07. The average Bonchev–Trinajstić information content (AvgIpc) is 2.92. The van der Waals surface area contributed by atoms with E-state index in [1.165, 1.54) is 21.6 Å². The van der Waals surface area contributed by atoms with Gasteiger partial charge >= 0.3 is 0 Å². The summed E-state index contributed by atoms with van der Waals surface area (Å²) >= 11 is 1.93. The molecule has 2 nitrogen and oxygen atoms in total. The van der Waals surface area contributed by atoms with E-state index in [0.717, 1.165) is 6.42 Å². The lowest BCUT2D eigenvalue weighted by atomic mass is 9.96. The smallest absolute Gasteiger partial charge is 0.0585 e. The summed E-state index contributed by atoms with van der Waals surface area (Å²) in [5.41, 5.74) is 7.10. The number of nitrogens with one attached hydrogen (secondary N) is 1. The van der Waals surface area contributed by atoms with Crippen molar-refractivity contribution in [2.45, 2.75) is 42.4 Å². The zero-order valence-corrected chi connectivity index (χ0v) is 13.4. The number of benzene rings is 2. The molecule has 2 aromatic rings. The monoisotopic (exact) mass is 298 g/mol. The molecule has 3 rings (SSSR count). The molecule has 3 heteroatoms. The van der Waals surface area contributed by atoms with Crippen molar-refractivity contribution in [1.82, 2.24) is 5.43 Å². The molecule has 2 atom stereocenters. The zero-order valence-electron chi connectivity index (χ0n) is 12.5. The number of fused-ring (bicyclic) bond motifs is 1. The van der Waals surface area contributed by atoms with E-state index in [0.29, 0.717) is 11.2 Å². The van der Waals surface area contributed by atoms with Crippen molar-refractivity contribution in [3.05, 3.63) is 65.2 Å². The van der Waals surface area contributed by atoms with Crippen LogP contribution in [0.5, 0.6) is 0 Å². The molecular formula is C18H22N2S. The number of nitrogens with two attached hydrogens (primary N) is 1. The second kappa shape index (κ2) is 6.22. The van der Waals surface area contributed by atoms with Crippen LogP contribution in [-0.4, -0.2) is 5.25 Å². The highest BCUT2D eigenvalue weighted by molar-refractivity contribution is 8.00. The quantitative estimate of drug-likeness (QED) is 0.661. The van der Waals surface area contributed by atoms with Crippen LogP contribution in [0.25, 0.3) is 0 Å². The molecule has 0 aliphatic carbocycles. The Balaban J connectivity index is 1.80. The number of hydrogen-bond donors (Lipinski definition) is 2. The highest BCUT2D eigenvalue weighted by Gasteiger charge is 2.29. The summed E-state index contributed by atoms with van der Waals surface area (Å²) in [7, 11) is 0. The molecule has 0 saturated heterocycles. The van der Waals surface area contributed by atoms with Crippen LogP contribution in [0.3, 0.4) is 0 Å². The normalized spacial score (nSPS) is 18.8. The van der Waals surface area contributed by atoms with Gasteiger partial charge in [-0.05, 0) is 35.1 Å². The van der Waals surface area contributed by atoms with E-state index in [1.54, 1.807) is 0 Å². The minimum atomic E-state index is 0.184. The predicted molar refractivity (Wildman–Crippen MR) is 90.4 cm³/mol. The van der Waals surface area contributed by atoms with Gasteiger partial charge in [-0.2, -0.15) is 0 Å². The number of hydrazine groups is 1. The second-order valence-corrected chi connectivity index (χ2v) is 7.21. The van der Waals surface area contributed by atoms with Gasteiger partial charge in [0.05, 0.1) is 6.04 Å². The Morgan fingerprint density at radius 2 is 1.71 bits per heavy atom. The van der Waals surface area contributed by atoms with E-state index in [2.05, 4.69) is 67.8 Å². The molecule has 0 saturated carbocycles. The Bertz CT molecular complexity index is 582. The molecule has 0 aromatic heterocycles. The lowest BCUT2D eigenvalue weighted by Crippen LogP contribution is -2.35. The van der Waals surface area contributed by atoms with Crippen molar-refractivity contribution in [3.63, 3.8) is 0 Å². The van der Waals surface area contributed by atoms with E-state index in [4.69, 9.17) is 5.84 Å². The van der Waals surface area contributed by atoms with E-state index in [1.807, 2.05) is 11.8 Å². The van der Waals surface area contributed by atoms with Crippen LogP contribution >= 0.6 is 11.8 Å². The standard InChI is InChI=1S/C18H22N2S/c1-12(2)13-7-9-14(10-8-13)18(20-19)17-11-15-5-3-4-6-16(15)21-17/h3-10,12,17-18,20H,11,19H2,1-2H3. The van der Waals surface area contributed by atoms with Gasteiger partial charge in [-0.3, -0.25) is 11.3 Å². The SMILES string of the molecule is CC(C)c1ccc(C(NN)C2Cc3ccccc3S2)cc1. The molecule has 1 aliphatic rings. The Labute approximate surface area is 131 Å². The zero-order chi connectivity index (χ0) is 14.8. The van der Waals surface area contributed by atoms with E-state index >= 15 is 0 Å². The summed E-state index contributed by atoms with van der Waals surface area (Å²) in [6, 6.07) is 17.7.